The smallest absolute Gasteiger partial charge is 0.343 e. The number of aliphatic hydroxyl groups excluding tert-OH is 1. The van der Waals surface area contributed by atoms with E-state index in [2.05, 4.69) is 9.73 Å². The Labute approximate surface area is 149 Å². The molecule has 0 aliphatic rings. The highest BCUT2D eigenvalue weighted by molar-refractivity contribution is 6.41. The van der Waals surface area contributed by atoms with E-state index in [0.29, 0.717) is 0 Å². The molecule has 1 N–H and O–H groups in total. The lowest BCUT2D eigenvalue weighted by molar-refractivity contribution is -0.142. The first-order chi connectivity index (χ1) is 11.2. The molecule has 0 radical (unpaired) electrons. The molecule has 0 saturated heterocycles. The van der Waals surface area contributed by atoms with Gasteiger partial charge in [-0.15, -0.1) is 0 Å². The van der Waals surface area contributed by atoms with Crippen LogP contribution in [0.5, 0.6) is 0 Å². The summed E-state index contributed by atoms with van der Waals surface area (Å²) in [6.07, 6.45) is 0.751. The monoisotopic (exact) mass is 373 g/mol. The zero-order chi connectivity index (χ0) is 18.4. The van der Waals surface area contributed by atoms with Crippen LogP contribution in [0.4, 0.5) is 5.69 Å². The van der Waals surface area contributed by atoms with Crippen LogP contribution < -0.4 is 0 Å². The number of aliphatic imine (C=N–C) groups is 1. The molecule has 0 heterocycles. The normalized spacial score (nSPS) is 12.3. The Kier molecular flexibility index (Phi) is 7.25. The summed E-state index contributed by atoms with van der Waals surface area (Å²) in [5.41, 5.74) is 0.0124. The van der Waals surface area contributed by atoms with E-state index in [1.165, 1.54) is 26.2 Å². The van der Waals surface area contributed by atoms with Gasteiger partial charge in [0.1, 0.15) is 11.3 Å². The second-order valence-corrected chi connectivity index (χ2v) is 5.74. The maximum atomic E-state index is 11.9. The van der Waals surface area contributed by atoms with Gasteiger partial charge in [0, 0.05) is 6.21 Å². The number of carbonyl (C=O) groups excluding carboxylic acids is 2. The van der Waals surface area contributed by atoms with E-state index in [1.807, 2.05) is 0 Å². The molecule has 0 spiro atoms. The molecule has 0 atom stereocenters. The zero-order valence-corrected chi connectivity index (χ0v) is 15.1. The van der Waals surface area contributed by atoms with E-state index in [0.717, 1.165) is 6.21 Å². The van der Waals surface area contributed by atoms with Gasteiger partial charge < -0.3 is 14.6 Å². The molecular weight excluding hydrogens is 357 g/mol. The van der Waals surface area contributed by atoms with Crippen LogP contribution in [0.1, 0.15) is 31.1 Å². The summed E-state index contributed by atoms with van der Waals surface area (Å²) >= 11 is 12.1. The van der Waals surface area contributed by atoms with Crippen molar-refractivity contribution in [3.8, 4) is 0 Å². The molecule has 0 aromatic heterocycles. The van der Waals surface area contributed by atoms with Crippen LogP contribution in [0.25, 0.3) is 0 Å². The van der Waals surface area contributed by atoms with E-state index >= 15 is 0 Å². The number of esters is 2. The molecule has 1 aromatic carbocycles. The highest BCUT2D eigenvalue weighted by atomic mass is 35.5. The number of halogens is 2. The Hall–Kier alpha value is -2.05. The lowest BCUT2D eigenvalue weighted by atomic mass is 10.2. The van der Waals surface area contributed by atoms with Crippen LogP contribution in [0.15, 0.2) is 28.5 Å². The third kappa shape index (κ3) is 4.97. The molecule has 6 nitrogen and oxygen atoms in total. The van der Waals surface area contributed by atoms with Gasteiger partial charge >= 0.3 is 11.9 Å². The van der Waals surface area contributed by atoms with Crippen molar-refractivity contribution in [1.29, 1.82) is 0 Å². The Balaban J connectivity index is 3.24. The summed E-state index contributed by atoms with van der Waals surface area (Å²) in [7, 11) is 1.20. The SMILES string of the molecule is COC(=O)c1c(Cl)ccc(N=CC(C(=O)OC(C)C)=C(C)O)c1Cl. The van der Waals surface area contributed by atoms with E-state index in [1.54, 1.807) is 13.8 Å². The topological polar surface area (TPSA) is 85.2 Å². The number of aliphatic hydroxyl groups is 1. The quantitative estimate of drug-likeness (QED) is 0.360. The molecular formula is C16H17Cl2NO5. The van der Waals surface area contributed by atoms with E-state index < -0.39 is 11.9 Å². The second-order valence-electron chi connectivity index (χ2n) is 4.96. The lowest BCUT2D eigenvalue weighted by Crippen LogP contribution is -2.15. The van der Waals surface area contributed by atoms with Crippen molar-refractivity contribution in [1.82, 2.24) is 0 Å². The first kappa shape index (κ1) is 20.0. The average molecular weight is 374 g/mol. The highest BCUT2D eigenvalue weighted by Crippen LogP contribution is 2.34. The Morgan fingerprint density at radius 2 is 1.92 bits per heavy atom. The van der Waals surface area contributed by atoms with Crippen molar-refractivity contribution < 1.29 is 24.2 Å². The van der Waals surface area contributed by atoms with Crippen molar-refractivity contribution in [2.24, 2.45) is 4.99 Å². The van der Waals surface area contributed by atoms with E-state index in [4.69, 9.17) is 27.9 Å². The first-order valence-corrected chi connectivity index (χ1v) is 7.65. The van der Waals surface area contributed by atoms with Gasteiger partial charge in [0.2, 0.25) is 0 Å². The predicted octanol–water partition coefficient (Wildman–Crippen LogP) is 4.27. The Bertz CT molecular complexity index is 707. The van der Waals surface area contributed by atoms with Crippen molar-refractivity contribution in [3.63, 3.8) is 0 Å². The summed E-state index contributed by atoms with van der Waals surface area (Å²) in [6.45, 7) is 4.68. The minimum Gasteiger partial charge on any atom is -0.512 e. The summed E-state index contributed by atoms with van der Waals surface area (Å²) in [6, 6.07) is 2.89. The Morgan fingerprint density at radius 3 is 2.42 bits per heavy atom. The van der Waals surface area contributed by atoms with E-state index in [-0.39, 0.29) is 38.7 Å². The van der Waals surface area contributed by atoms with Gasteiger partial charge in [-0.3, -0.25) is 4.99 Å². The van der Waals surface area contributed by atoms with Crippen LogP contribution in [0.3, 0.4) is 0 Å². The predicted molar refractivity (Wildman–Crippen MR) is 92.5 cm³/mol. The second kappa shape index (κ2) is 8.70. The molecule has 0 bridgehead atoms. The molecule has 0 unspecified atom stereocenters. The number of ether oxygens (including phenoxy) is 2. The molecule has 0 aliphatic carbocycles. The first-order valence-electron chi connectivity index (χ1n) is 6.90. The number of rotatable bonds is 5. The minimum atomic E-state index is -0.730. The fourth-order valence-corrected chi connectivity index (χ4v) is 2.21. The van der Waals surface area contributed by atoms with Crippen LogP contribution >= 0.6 is 23.2 Å². The summed E-state index contributed by atoms with van der Waals surface area (Å²) in [4.78, 5) is 27.7. The standard InChI is InChI=1S/C16H17Cl2NO5/c1-8(2)24-15(21)10(9(3)20)7-19-12-6-5-11(17)13(14(12)18)16(22)23-4/h5-8,20H,1-4H3. The maximum absolute atomic E-state index is 11.9. The molecule has 0 saturated carbocycles. The van der Waals surface area contributed by atoms with Crippen LogP contribution in [0, 0.1) is 0 Å². The molecule has 0 aliphatic heterocycles. The number of benzene rings is 1. The minimum absolute atomic E-state index is 0.0298. The van der Waals surface area contributed by atoms with Crippen molar-refractivity contribution in [2.45, 2.75) is 26.9 Å². The summed E-state index contributed by atoms with van der Waals surface area (Å²) in [5.74, 6) is -1.70. The van der Waals surface area contributed by atoms with Crippen LogP contribution in [-0.2, 0) is 14.3 Å². The highest BCUT2D eigenvalue weighted by Gasteiger charge is 2.19. The number of methoxy groups -OCH3 is 1. The third-order valence-electron chi connectivity index (χ3n) is 2.75. The van der Waals surface area contributed by atoms with Crippen LogP contribution in [-0.4, -0.2) is 36.5 Å². The third-order valence-corrected chi connectivity index (χ3v) is 3.44. The number of hydrogen-bond acceptors (Lipinski definition) is 6. The molecule has 130 valence electrons. The van der Waals surface area contributed by atoms with Gasteiger partial charge in [-0.1, -0.05) is 23.2 Å². The zero-order valence-electron chi connectivity index (χ0n) is 13.6. The van der Waals surface area contributed by atoms with Gasteiger partial charge in [0.05, 0.1) is 34.5 Å². The number of hydrogen-bond donors (Lipinski definition) is 1. The lowest BCUT2D eigenvalue weighted by Gasteiger charge is -2.09. The fourth-order valence-electron chi connectivity index (χ4n) is 1.64. The summed E-state index contributed by atoms with van der Waals surface area (Å²) < 4.78 is 9.63. The molecule has 8 heteroatoms. The van der Waals surface area contributed by atoms with Crippen molar-refractivity contribution in [2.75, 3.05) is 7.11 Å². The van der Waals surface area contributed by atoms with Gasteiger partial charge in [0.25, 0.3) is 0 Å². The van der Waals surface area contributed by atoms with Gasteiger partial charge in [-0.05, 0) is 32.9 Å². The molecule has 1 aromatic rings. The number of allylic oxidation sites excluding steroid dienone is 1. The molecule has 0 fully saturated rings. The fraction of sp³-hybridized carbons (Fsp3) is 0.312. The van der Waals surface area contributed by atoms with Crippen LogP contribution in [0.2, 0.25) is 10.0 Å². The van der Waals surface area contributed by atoms with Crippen molar-refractivity contribution in [3.05, 3.63) is 39.1 Å². The van der Waals surface area contributed by atoms with Gasteiger partial charge in [-0.2, -0.15) is 0 Å². The molecule has 0 amide bonds. The van der Waals surface area contributed by atoms with Gasteiger partial charge in [-0.25, -0.2) is 9.59 Å². The number of carbonyl (C=O) groups is 2. The van der Waals surface area contributed by atoms with E-state index in [9.17, 15) is 14.7 Å². The maximum Gasteiger partial charge on any atom is 0.343 e. The summed E-state index contributed by atoms with van der Waals surface area (Å²) in [5, 5.41) is 9.71. The Morgan fingerprint density at radius 1 is 1.29 bits per heavy atom. The molecule has 1 rings (SSSR count). The number of nitrogens with zero attached hydrogens (tertiary/aromatic N) is 1. The van der Waals surface area contributed by atoms with Crippen molar-refractivity contribution >= 4 is 47.0 Å². The average Bonchev–Trinajstić information content (AvgIpc) is 2.48. The largest absolute Gasteiger partial charge is 0.512 e. The molecule has 24 heavy (non-hydrogen) atoms. The van der Waals surface area contributed by atoms with Gasteiger partial charge in [0.15, 0.2) is 0 Å².